The summed E-state index contributed by atoms with van der Waals surface area (Å²) in [7, 11) is 0. The summed E-state index contributed by atoms with van der Waals surface area (Å²) in [6, 6.07) is 17.8. The fourth-order valence-corrected chi connectivity index (χ4v) is 4.41. The van der Waals surface area contributed by atoms with Gasteiger partial charge in [0, 0.05) is 22.7 Å². The van der Waals surface area contributed by atoms with Crippen LogP contribution < -0.4 is 5.32 Å². The van der Waals surface area contributed by atoms with Gasteiger partial charge in [0.25, 0.3) is 0 Å². The molecule has 0 bridgehead atoms. The molecule has 0 unspecified atom stereocenters. The van der Waals surface area contributed by atoms with Crippen LogP contribution in [0.3, 0.4) is 0 Å². The Morgan fingerprint density at radius 2 is 2.00 bits per heavy atom. The highest BCUT2D eigenvalue weighted by Gasteiger charge is 2.20. The van der Waals surface area contributed by atoms with Gasteiger partial charge >= 0.3 is 0 Å². The van der Waals surface area contributed by atoms with E-state index in [4.69, 9.17) is 4.42 Å². The first-order chi connectivity index (χ1) is 15.2. The molecule has 31 heavy (non-hydrogen) atoms. The number of fused-ring (bicyclic) bond motifs is 1. The maximum Gasteiger partial charge on any atom is 0.236 e. The topological polar surface area (TPSA) is 85.8 Å². The van der Waals surface area contributed by atoms with Crippen LogP contribution in [0.4, 0.5) is 5.13 Å². The number of carbonyl (C=O) groups is 1. The van der Waals surface area contributed by atoms with Crippen LogP contribution in [0.15, 0.2) is 75.7 Å². The standard InChI is InChI=1S/C22H17N5O2S2/c1-14-6-8-16(9-7-14)27-20(18-12-15-4-2-3-5-17(15)29-18)25-26-22(27)31-13-19(28)24-21-23-10-11-30-21/h2-12H,13H2,1H3,(H,23,24,28). The lowest BCUT2D eigenvalue weighted by Gasteiger charge is -2.09. The third-order valence-corrected chi connectivity index (χ3v) is 6.20. The molecule has 0 saturated carbocycles. The van der Waals surface area contributed by atoms with Crippen LogP contribution in [0.5, 0.6) is 0 Å². The number of nitrogens with one attached hydrogen (secondary N) is 1. The highest BCUT2D eigenvalue weighted by Crippen LogP contribution is 2.31. The zero-order valence-electron chi connectivity index (χ0n) is 16.5. The Morgan fingerprint density at radius 1 is 1.16 bits per heavy atom. The van der Waals surface area contributed by atoms with Crippen molar-refractivity contribution >= 4 is 45.1 Å². The molecule has 5 aromatic rings. The number of amides is 1. The molecular weight excluding hydrogens is 430 g/mol. The molecule has 0 aliphatic heterocycles. The predicted molar refractivity (Wildman–Crippen MR) is 123 cm³/mol. The summed E-state index contributed by atoms with van der Waals surface area (Å²) < 4.78 is 7.95. The monoisotopic (exact) mass is 447 g/mol. The first kappa shape index (κ1) is 19.5. The second kappa shape index (κ2) is 8.37. The maximum absolute atomic E-state index is 12.3. The summed E-state index contributed by atoms with van der Waals surface area (Å²) in [5, 5.41) is 15.5. The predicted octanol–water partition coefficient (Wildman–Crippen LogP) is 5.18. The lowest BCUT2D eigenvalue weighted by Crippen LogP contribution is -2.14. The molecule has 0 saturated heterocycles. The minimum absolute atomic E-state index is 0.149. The van der Waals surface area contributed by atoms with Gasteiger partial charge in [-0.2, -0.15) is 0 Å². The number of carbonyl (C=O) groups excluding carboxylic acids is 1. The summed E-state index contributed by atoms with van der Waals surface area (Å²) in [5.41, 5.74) is 2.83. The number of aryl methyl sites for hydroxylation is 1. The number of hydrogen-bond donors (Lipinski definition) is 1. The molecule has 0 aliphatic carbocycles. The van der Waals surface area contributed by atoms with E-state index in [0.29, 0.717) is 21.9 Å². The third-order valence-electron chi connectivity index (χ3n) is 4.58. The first-order valence-electron chi connectivity index (χ1n) is 9.51. The Morgan fingerprint density at radius 3 is 2.77 bits per heavy atom. The number of anilines is 1. The summed E-state index contributed by atoms with van der Waals surface area (Å²) in [5.74, 6) is 1.24. The minimum atomic E-state index is -0.149. The molecule has 0 spiro atoms. The van der Waals surface area contributed by atoms with Crippen molar-refractivity contribution in [1.82, 2.24) is 19.7 Å². The number of nitrogens with zero attached hydrogens (tertiary/aromatic N) is 4. The number of benzene rings is 2. The van der Waals surface area contributed by atoms with Crippen molar-refractivity contribution in [3.8, 4) is 17.3 Å². The van der Waals surface area contributed by atoms with Crippen molar-refractivity contribution < 1.29 is 9.21 Å². The molecule has 5 rings (SSSR count). The second-order valence-electron chi connectivity index (χ2n) is 6.80. The Balaban J connectivity index is 1.49. The number of thioether (sulfide) groups is 1. The van der Waals surface area contributed by atoms with Gasteiger partial charge in [0.15, 0.2) is 16.0 Å². The average Bonchev–Trinajstić information content (AvgIpc) is 3.52. The van der Waals surface area contributed by atoms with Gasteiger partial charge in [-0.05, 0) is 31.2 Å². The van der Waals surface area contributed by atoms with E-state index in [0.717, 1.165) is 22.2 Å². The van der Waals surface area contributed by atoms with Crippen molar-refractivity contribution in [1.29, 1.82) is 0 Å². The zero-order valence-corrected chi connectivity index (χ0v) is 18.1. The average molecular weight is 448 g/mol. The van der Waals surface area contributed by atoms with E-state index in [1.807, 2.05) is 71.5 Å². The SMILES string of the molecule is Cc1ccc(-n2c(SCC(=O)Nc3nccs3)nnc2-c2cc3ccccc3o2)cc1. The maximum atomic E-state index is 12.3. The van der Waals surface area contributed by atoms with Crippen LogP contribution in [-0.2, 0) is 4.79 Å². The Labute approximate surface area is 186 Å². The van der Waals surface area contributed by atoms with Crippen molar-refractivity contribution in [3.63, 3.8) is 0 Å². The van der Waals surface area contributed by atoms with E-state index >= 15 is 0 Å². The van der Waals surface area contributed by atoms with Gasteiger partial charge in [-0.25, -0.2) is 4.98 Å². The van der Waals surface area contributed by atoms with Crippen molar-refractivity contribution in [2.24, 2.45) is 0 Å². The second-order valence-corrected chi connectivity index (χ2v) is 8.64. The molecular formula is C22H17N5O2S2. The van der Waals surface area contributed by atoms with Gasteiger partial charge in [-0.1, -0.05) is 47.7 Å². The molecule has 0 radical (unpaired) electrons. The zero-order chi connectivity index (χ0) is 21.2. The van der Waals surface area contributed by atoms with Crippen molar-refractivity contribution in [3.05, 3.63) is 71.7 Å². The highest BCUT2D eigenvalue weighted by atomic mass is 32.2. The summed E-state index contributed by atoms with van der Waals surface area (Å²) in [6.07, 6.45) is 1.65. The lowest BCUT2D eigenvalue weighted by molar-refractivity contribution is -0.113. The van der Waals surface area contributed by atoms with Gasteiger partial charge in [-0.3, -0.25) is 9.36 Å². The number of rotatable bonds is 6. The largest absolute Gasteiger partial charge is 0.453 e. The fraction of sp³-hybridized carbons (Fsp3) is 0.0909. The number of hydrogen-bond acceptors (Lipinski definition) is 7. The molecule has 0 aliphatic rings. The number of thiazole rings is 1. The number of para-hydroxylation sites is 1. The number of furan rings is 1. The van der Waals surface area contributed by atoms with Crippen LogP contribution >= 0.6 is 23.1 Å². The van der Waals surface area contributed by atoms with E-state index in [-0.39, 0.29) is 11.7 Å². The molecule has 9 heteroatoms. The normalized spacial score (nSPS) is 11.1. The van der Waals surface area contributed by atoms with E-state index in [2.05, 4.69) is 20.5 Å². The molecule has 1 N–H and O–H groups in total. The summed E-state index contributed by atoms with van der Waals surface area (Å²) >= 11 is 2.69. The number of aromatic nitrogens is 4. The molecule has 154 valence electrons. The van der Waals surface area contributed by atoms with Gasteiger partial charge in [0.05, 0.1) is 5.75 Å². The van der Waals surface area contributed by atoms with Crippen LogP contribution in [0.25, 0.3) is 28.2 Å². The van der Waals surface area contributed by atoms with E-state index in [9.17, 15) is 4.79 Å². The van der Waals surface area contributed by atoms with Crippen LogP contribution in [0, 0.1) is 6.92 Å². The molecule has 1 amide bonds. The van der Waals surface area contributed by atoms with E-state index in [1.54, 1.807) is 6.20 Å². The van der Waals surface area contributed by atoms with E-state index in [1.165, 1.54) is 23.1 Å². The quantitative estimate of drug-likeness (QED) is 0.361. The van der Waals surface area contributed by atoms with Crippen LogP contribution in [0.1, 0.15) is 5.56 Å². The van der Waals surface area contributed by atoms with Crippen LogP contribution in [-0.4, -0.2) is 31.4 Å². The van der Waals surface area contributed by atoms with Gasteiger partial charge in [0.2, 0.25) is 11.7 Å². The molecule has 7 nitrogen and oxygen atoms in total. The van der Waals surface area contributed by atoms with E-state index < -0.39 is 0 Å². The minimum Gasteiger partial charge on any atom is -0.453 e. The molecule has 0 fully saturated rings. The third kappa shape index (κ3) is 4.10. The Hall–Kier alpha value is -3.43. The molecule has 0 atom stereocenters. The molecule has 3 aromatic heterocycles. The van der Waals surface area contributed by atoms with Crippen molar-refractivity contribution in [2.75, 3.05) is 11.1 Å². The molecule has 3 heterocycles. The lowest BCUT2D eigenvalue weighted by atomic mass is 10.2. The van der Waals surface area contributed by atoms with Gasteiger partial charge in [-0.15, -0.1) is 21.5 Å². The fourth-order valence-electron chi connectivity index (χ4n) is 3.11. The van der Waals surface area contributed by atoms with Crippen LogP contribution in [0.2, 0.25) is 0 Å². The smallest absolute Gasteiger partial charge is 0.236 e. The van der Waals surface area contributed by atoms with Crippen molar-refractivity contribution in [2.45, 2.75) is 12.1 Å². The molecule has 2 aromatic carbocycles. The van der Waals surface area contributed by atoms with Gasteiger partial charge < -0.3 is 9.73 Å². The highest BCUT2D eigenvalue weighted by molar-refractivity contribution is 7.99. The Bertz CT molecular complexity index is 1310. The summed E-state index contributed by atoms with van der Waals surface area (Å²) in [6.45, 7) is 2.04. The summed E-state index contributed by atoms with van der Waals surface area (Å²) in [4.78, 5) is 16.4. The van der Waals surface area contributed by atoms with Gasteiger partial charge in [0.1, 0.15) is 5.58 Å². The first-order valence-corrected chi connectivity index (χ1v) is 11.4. The Kier molecular flexibility index (Phi) is 5.27.